The first-order chi connectivity index (χ1) is 10.8. The lowest BCUT2D eigenvalue weighted by Crippen LogP contribution is -1.96. The minimum atomic E-state index is -0.0930. The highest BCUT2D eigenvalue weighted by molar-refractivity contribution is 6.07. The number of ketones is 1. The molecule has 0 atom stereocenters. The maximum atomic E-state index is 12.3. The van der Waals surface area contributed by atoms with Crippen LogP contribution in [0.15, 0.2) is 48.5 Å². The lowest BCUT2D eigenvalue weighted by Gasteiger charge is -2.06. The van der Waals surface area contributed by atoms with E-state index in [1.807, 2.05) is 31.2 Å². The minimum absolute atomic E-state index is 0.0930. The largest absolute Gasteiger partial charge is 0.493 e. The van der Waals surface area contributed by atoms with Crippen molar-refractivity contribution >= 4 is 11.9 Å². The number of benzene rings is 2. The van der Waals surface area contributed by atoms with Gasteiger partial charge in [0.1, 0.15) is 5.75 Å². The molecule has 0 saturated carbocycles. The molecule has 0 fully saturated rings. The topological polar surface area (TPSA) is 44.8 Å². The monoisotopic (exact) mass is 296 g/mol. The molecule has 3 rings (SSSR count). The van der Waals surface area contributed by atoms with Crippen molar-refractivity contribution in [3.63, 3.8) is 0 Å². The van der Waals surface area contributed by atoms with Gasteiger partial charge in [-0.25, -0.2) is 0 Å². The van der Waals surface area contributed by atoms with E-state index in [1.165, 1.54) is 6.08 Å². The van der Waals surface area contributed by atoms with Crippen LogP contribution in [0.5, 0.6) is 17.2 Å². The number of ether oxygens (including phenoxy) is 3. The Labute approximate surface area is 128 Å². The summed E-state index contributed by atoms with van der Waals surface area (Å²) in [5.74, 6) is 1.94. The predicted molar refractivity (Wildman–Crippen MR) is 83.5 cm³/mol. The fraction of sp³-hybridized carbons (Fsp3) is 0.167. The molecular formula is C18H16O4. The Kier molecular flexibility index (Phi) is 4.10. The molecule has 0 aromatic heterocycles. The average molecular weight is 296 g/mol. The summed E-state index contributed by atoms with van der Waals surface area (Å²) >= 11 is 0. The molecule has 4 nitrogen and oxygen atoms in total. The molecule has 2 aromatic carbocycles. The summed E-state index contributed by atoms with van der Waals surface area (Å²) in [6.45, 7) is 2.71. The summed E-state index contributed by atoms with van der Waals surface area (Å²) in [7, 11) is 0. The van der Waals surface area contributed by atoms with Crippen LogP contribution in [0, 0.1) is 0 Å². The highest BCUT2D eigenvalue weighted by Gasteiger charge is 2.15. The van der Waals surface area contributed by atoms with Gasteiger partial charge in [-0.1, -0.05) is 18.2 Å². The Morgan fingerprint density at radius 2 is 2.00 bits per heavy atom. The lowest BCUT2D eigenvalue weighted by molar-refractivity contribution is 0.104. The van der Waals surface area contributed by atoms with E-state index in [4.69, 9.17) is 14.2 Å². The second-order valence-electron chi connectivity index (χ2n) is 4.74. The van der Waals surface area contributed by atoms with Gasteiger partial charge >= 0.3 is 0 Å². The van der Waals surface area contributed by atoms with Crippen LogP contribution < -0.4 is 14.2 Å². The van der Waals surface area contributed by atoms with Crippen LogP contribution in [-0.4, -0.2) is 19.2 Å². The van der Waals surface area contributed by atoms with E-state index in [9.17, 15) is 4.79 Å². The second-order valence-corrected chi connectivity index (χ2v) is 4.74. The number of carbonyl (C=O) groups excluding carboxylic acids is 1. The SMILES string of the molecule is CCOc1ccccc1C=CC(=O)c1ccc2c(c1)OCO2. The summed E-state index contributed by atoms with van der Waals surface area (Å²) in [4.78, 5) is 12.3. The van der Waals surface area contributed by atoms with Crippen molar-refractivity contribution in [3.05, 3.63) is 59.7 Å². The van der Waals surface area contributed by atoms with Gasteiger partial charge in [0.25, 0.3) is 0 Å². The number of rotatable bonds is 5. The molecule has 1 aliphatic rings. The molecule has 0 amide bonds. The van der Waals surface area contributed by atoms with Crippen molar-refractivity contribution in [2.75, 3.05) is 13.4 Å². The van der Waals surface area contributed by atoms with Crippen molar-refractivity contribution in [2.24, 2.45) is 0 Å². The van der Waals surface area contributed by atoms with Crippen molar-refractivity contribution in [1.29, 1.82) is 0 Å². The van der Waals surface area contributed by atoms with Crippen LogP contribution in [0.1, 0.15) is 22.8 Å². The summed E-state index contributed by atoms with van der Waals surface area (Å²) < 4.78 is 16.1. The van der Waals surface area contributed by atoms with E-state index < -0.39 is 0 Å². The van der Waals surface area contributed by atoms with Crippen molar-refractivity contribution in [1.82, 2.24) is 0 Å². The summed E-state index contributed by atoms with van der Waals surface area (Å²) in [6, 6.07) is 12.8. The van der Waals surface area contributed by atoms with Gasteiger partial charge < -0.3 is 14.2 Å². The Morgan fingerprint density at radius 3 is 2.86 bits per heavy atom. The zero-order valence-electron chi connectivity index (χ0n) is 12.2. The van der Waals surface area contributed by atoms with Crippen molar-refractivity contribution in [3.8, 4) is 17.2 Å². The van der Waals surface area contributed by atoms with Gasteiger partial charge in [0.2, 0.25) is 6.79 Å². The fourth-order valence-corrected chi connectivity index (χ4v) is 2.22. The number of hydrogen-bond donors (Lipinski definition) is 0. The Balaban J connectivity index is 1.79. The molecule has 112 valence electrons. The van der Waals surface area contributed by atoms with E-state index in [1.54, 1.807) is 24.3 Å². The van der Waals surface area contributed by atoms with Crippen LogP contribution in [0.2, 0.25) is 0 Å². The molecule has 22 heavy (non-hydrogen) atoms. The van der Waals surface area contributed by atoms with Gasteiger partial charge in [0.05, 0.1) is 6.61 Å². The standard InChI is InChI=1S/C18H16O4/c1-2-20-16-6-4-3-5-13(16)7-9-15(19)14-8-10-17-18(11-14)22-12-21-17/h3-11H,2,12H2,1H3. The average Bonchev–Trinajstić information content (AvgIpc) is 3.01. The number of para-hydroxylation sites is 1. The highest BCUT2D eigenvalue weighted by atomic mass is 16.7. The molecule has 4 heteroatoms. The van der Waals surface area contributed by atoms with Gasteiger partial charge in [-0.3, -0.25) is 4.79 Å². The minimum Gasteiger partial charge on any atom is -0.493 e. The lowest BCUT2D eigenvalue weighted by atomic mass is 10.1. The van der Waals surface area contributed by atoms with Crippen LogP contribution in [0.3, 0.4) is 0 Å². The molecular weight excluding hydrogens is 280 g/mol. The molecule has 0 spiro atoms. The van der Waals surface area contributed by atoms with Crippen LogP contribution >= 0.6 is 0 Å². The van der Waals surface area contributed by atoms with E-state index >= 15 is 0 Å². The first-order valence-corrected chi connectivity index (χ1v) is 7.12. The van der Waals surface area contributed by atoms with E-state index in [0.29, 0.717) is 23.7 Å². The van der Waals surface area contributed by atoms with Gasteiger partial charge in [-0.05, 0) is 43.3 Å². The third-order valence-corrected chi connectivity index (χ3v) is 3.29. The molecule has 0 saturated heterocycles. The molecule has 1 heterocycles. The van der Waals surface area contributed by atoms with E-state index in [-0.39, 0.29) is 12.6 Å². The summed E-state index contributed by atoms with van der Waals surface area (Å²) in [5.41, 5.74) is 1.44. The molecule has 0 radical (unpaired) electrons. The quantitative estimate of drug-likeness (QED) is 0.623. The van der Waals surface area contributed by atoms with Gasteiger partial charge in [-0.2, -0.15) is 0 Å². The number of hydrogen-bond acceptors (Lipinski definition) is 4. The van der Waals surface area contributed by atoms with Crippen LogP contribution in [-0.2, 0) is 0 Å². The second kappa shape index (κ2) is 6.35. The maximum absolute atomic E-state index is 12.3. The molecule has 0 unspecified atom stereocenters. The zero-order valence-corrected chi connectivity index (χ0v) is 12.2. The van der Waals surface area contributed by atoms with Crippen molar-refractivity contribution < 1.29 is 19.0 Å². The normalized spacial score (nSPS) is 12.6. The Bertz CT molecular complexity index is 719. The predicted octanol–water partition coefficient (Wildman–Crippen LogP) is 3.71. The van der Waals surface area contributed by atoms with Crippen LogP contribution in [0.4, 0.5) is 0 Å². The smallest absolute Gasteiger partial charge is 0.231 e. The van der Waals surface area contributed by atoms with Crippen molar-refractivity contribution in [2.45, 2.75) is 6.92 Å². The summed E-state index contributed by atoms with van der Waals surface area (Å²) in [5, 5.41) is 0. The molecule has 1 aliphatic heterocycles. The molecule has 0 bridgehead atoms. The number of allylic oxidation sites excluding steroid dienone is 1. The van der Waals surface area contributed by atoms with Gasteiger partial charge in [0.15, 0.2) is 17.3 Å². The Hall–Kier alpha value is -2.75. The number of fused-ring (bicyclic) bond motifs is 1. The number of carbonyl (C=O) groups is 1. The van der Waals surface area contributed by atoms with E-state index in [0.717, 1.165) is 11.3 Å². The van der Waals surface area contributed by atoms with Gasteiger partial charge in [0, 0.05) is 11.1 Å². The Morgan fingerprint density at radius 1 is 1.18 bits per heavy atom. The molecule has 0 N–H and O–H groups in total. The first kappa shape index (κ1) is 14.2. The summed E-state index contributed by atoms with van der Waals surface area (Å²) in [6.07, 6.45) is 3.30. The third kappa shape index (κ3) is 2.96. The molecule has 0 aliphatic carbocycles. The maximum Gasteiger partial charge on any atom is 0.231 e. The molecule has 2 aromatic rings. The first-order valence-electron chi connectivity index (χ1n) is 7.12. The zero-order chi connectivity index (χ0) is 15.4. The van der Waals surface area contributed by atoms with E-state index in [2.05, 4.69) is 0 Å². The highest BCUT2D eigenvalue weighted by Crippen LogP contribution is 2.32. The van der Waals surface area contributed by atoms with Gasteiger partial charge in [-0.15, -0.1) is 0 Å². The fourth-order valence-electron chi connectivity index (χ4n) is 2.22. The van der Waals surface area contributed by atoms with Crippen LogP contribution in [0.25, 0.3) is 6.08 Å². The third-order valence-electron chi connectivity index (χ3n) is 3.29.